The maximum atomic E-state index is 13.5. The zero-order chi connectivity index (χ0) is 23.8. The highest BCUT2D eigenvalue weighted by molar-refractivity contribution is 5.92. The van der Waals surface area contributed by atoms with Crippen molar-refractivity contribution in [2.75, 3.05) is 25.0 Å². The molecule has 2 unspecified atom stereocenters. The average Bonchev–Trinajstić information content (AvgIpc) is 2.90. The largest absolute Gasteiger partial charge is 0.462 e. The molecule has 0 bridgehead atoms. The van der Waals surface area contributed by atoms with E-state index in [0.29, 0.717) is 11.4 Å². The number of aliphatic hydroxyl groups is 1. The zero-order valence-electron chi connectivity index (χ0n) is 19.5. The Kier molecular flexibility index (Phi) is 8.24. The van der Waals surface area contributed by atoms with Crippen LogP contribution in [-0.4, -0.2) is 46.6 Å². The summed E-state index contributed by atoms with van der Waals surface area (Å²) < 4.78 is 5.79. The van der Waals surface area contributed by atoms with E-state index in [1.807, 2.05) is 18.2 Å². The molecule has 1 amide bonds. The van der Waals surface area contributed by atoms with Gasteiger partial charge in [-0.3, -0.25) is 4.79 Å². The first-order chi connectivity index (χ1) is 16.6. The van der Waals surface area contributed by atoms with E-state index in [9.17, 15) is 14.7 Å². The molecule has 2 heterocycles. The van der Waals surface area contributed by atoms with Crippen LogP contribution in [0, 0.1) is 17.8 Å². The van der Waals surface area contributed by atoms with Gasteiger partial charge in [0.15, 0.2) is 5.60 Å². The first-order valence-electron chi connectivity index (χ1n) is 12.3. The van der Waals surface area contributed by atoms with Crippen molar-refractivity contribution in [2.45, 2.75) is 50.5 Å². The van der Waals surface area contributed by atoms with E-state index in [1.54, 1.807) is 24.4 Å². The summed E-state index contributed by atoms with van der Waals surface area (Å²) in [5, 5.41) is 17.9. The first-order valence-corrected chi connectivity index (χ1v) is 12.3. The van der Waals surface area contributed by atoms with Crippen molar-refractivity contribution in [3.63, 3.8) is 0 Å². The SMILES string of the molecule is O=C(Nc1ccncn1)C(COC(=O)C(O)(c1ccccc1)C1CCCCC1)C1CCNCC1. The lowest BCUT2D eigenvalue weighted by Gasteiger charge is -2.37. The lowest BCUT2D eigenvalue weighted by Crippen LogP contribution is -2.47. The molecular weight excluding hydrogens is 432 g/mol. The summed E-state index contributed by atoms with van der Waals surface area (Å²) in [6.45, 7) is 1.54. The number of ether oxygens (including phenoxy) is 1. The van der Waals surface area contributed by atoms with Gasteiger partial charge in [0.25, 0.3) is 0 Å². The van der Waals surface area contributed by atoms with E-state index in [0.717, 1.165) is 58.0 Å². The number of carbonyl (C=O) groups excluding carboxylic acids is 2. The topological polar surface area (TPSA) is 113 Å². The minimum atomic E-state index is -1.72. The molecule has 1 aromatic carbocycles. The minimum absolute atomic E-state index is 0.0652. The molecule has 2 aromatic rings. The summed E-state index contributed by atoms with van der Waals surface area (Å²) in [4.78, 5) is 34.7. The van der Waals surface area contributed by atoms with Crippen molar-refractivity contribution in [2.24, 2.45) is 17.8 Å². The van der Waals surface area contributed by atoms with Gasteiger partial charge in [-0.05, 0) is 56.3 Å². The number of nitrogens with zero attached hydrogens (tertiary/aromatic N) is 2. The number of anilines is 1. The third-order valence-corrected chi connectivity index (χ3v) is 7.24. The smallest absolute Gasteiger partial charge is 0.343 e. The minimum Gasteiger partial charge on any atom is -0.462 e. The summed E-state index contributed by atoms with van der Waals surface area (Å²) >= 11 is 0. The molecule has 1 saturated carbocycles. The number of esters is 1. The summed E-state index contributed by atoms with van der Waals surface area (Å²) in [6, 6.07) is 10.7. The number of nitrogens with one attached hydrogen (secondary N) is 2. The highest BCUT2D eigenvalue weighted by Crippen LogP contribution is 2.40. The third kappa shape index (κ3) is 5.62. The molecule has 1 aliphatic heterocycles. The van der Waals surface area contributed by atoms with Crippen LogP contribution in [0.3, 0.4) is 0 Å². The predicted octanol–water partition coefficient (Wildman–Crippen LogP) is 3.04. The second-order valence-electron chi connectivity index (χ2n) is 9.34. The van der Waals surface area contributed by atoms with E-state index in [1.165, 1.54) is 6.33 Å². The molecule has 8 heteroatoms. The van der Waals surface area contributed by atoms with Crippen LogP contribution in [0.1, 0.15) is 50.5 Å². The molecule has 3 N–H and O–H groups in total. The Hall–Kier alpha value is -2.84. The second-order valence-corrected chi connectivity index (χ2v) is 9.34. The van der Waals surface area contributed by atoms with Gasteiger partial charge in [0, 0.05) is 12.1 Å². The van der Waals surface area contributed by atoms with Gasteiger partial charge in [0.1, 0.15) is 18.8 Å². The van der Waals surface area contributed by atoms with Crippen LogP contribution in [0.4, 0.5) is 5.82 Å². The lowest BCUT2D eigenvalue weighted by atomic mass is 9.73. The summed E-state index contributed by atoms with van der Waals surface area (Å²) in [5.41, 5.74) is -1.17. The monoisotopic (exact) mass is 466 g/mol. The molecule has 182 valence electrons. The number of rotatable bonds is 8. The Labute approximate surface area is 200 Å². The highest BCUT2D eigenvalue weighted by Gasteiger charge is 2.47. The van der Waals surface area contributed by atoms with E-state index >= 15 is 0 Å². The van der Waals surface area contributed by atoms with Gasteiger partial charge in [-0.1, -0.05) is 49.6 Å². The Bertz CT molecular complexity index is 930. The molecule has 1 aliphatic carbocycles. The van der Waals surface area contributed by atoms with Gasteiger partial charge in [0.2, 0.25) is 5.91 Å². The van der Waals surface area contributed by atoms with Crippen molar-refractivity contribution in [1.82, 2.24) is 15.3 Å². The van der Waals surface area contributed by atoms with Crippen LogP contribution < -0.4 is 10.6 Å². The van der Waals surface area contributed by atoms with Crippen molar-refractivity contribution < 1.29 is 19.4 Å². The van der Waals surface area contributed by atoms with Crippen molar-refractivity contribution in [3.8, 4) is 0 Å². The molecule has 2 atom stereocenters. The number of hydrogen-bond acceptors (Lipinski definition) is 7. The van der Waals surface area contributed by atoms with Gasteiger partial charge >= 0.3 is 5.97 Å². The Morgan fingerprint density at radius 1 is 1.09 bits per heavy atom. The predicted molar refractivity (Wildman–Crippen MR) is 128 cm³/mol. The number of carbonyl (C=O) groups is 2. The summed E-state index contributed by atoms with van der Waals surface area (Å²) in [5.74, 6) is -1.17. The van der Waals surface area contributed by atoms with Crippen molar-refractivity contribution in [1.29, 1.82) is 0 Å². The molecule has 4 rings (SSSR count). The van der Waals surface area contributed by atoms with Crippen LogP contribution in [0.15, 0.2) is 48.9 Å². The normalized spacial score (nSPS) is 20.1. The molecule has 34 heavy (non-hydrogen) atoms. The van der Waals surface area contributed by atoms with Crippen LogP contribution in [0.5, 0.6) is 0 Å². The number of aromatic nitrogens is 2. The first kappa shape index (κ1) is 24.3. The van der Waals surface area contributed by atoms with Crippen LogP contribution in [-0.2, 0) is 19.9 Å². The number of piperidine rings is 1. The average molecular weight is 467 g/mol. The van der Waals surface area contributed by atoms with E-state index in [2.05, 4.69) is 20.6 Å². The highest BCUT2D eigenvalue weighted by atomic mass is 16.6. The molecule has 1 saturated heterocycles. The van der Waals surface area contributed by atoms with Crippen LogP contribution in [0.2, 0.25) is 0 Å². The molecular formula is C26H34N4O4. The second kappa shape index (κ2) is 11.5. The molecule has 0 radical (unpaired) electrons. The van der Waals surface area contributed by atoms with E-state index in [4.69, 9.17) is 4.74 Å². The van der Waals surface area contributed by atoms with E-state index in [-0.39, 0.29) is 24.3 Å². The maximum Gasteiger partial charge on any atom is 0.343 e. The molecule has 2 aliphatic rings. The van der Waals surface area contributed by atoms with Gasteiger partial charge in [0.05, 0.1) is 5.92 Å². The van der Waals surface area contributed by atoms with Crippen LogP contribution >= 0.6 is 0 Å². The molecule has 8 nitrogen and oxygen atoms in total. The molecule has 2 fully saturated rings. The molecule has 0 spiro atoms. The zero-order valence-corrected chi connectivity index (χ0v) is 19.5. The fourth-order valence-corrected chi connectivity index (χ4v) is 5.26. The number of hydrogen-bond donors (Lipinski definition) is 3. The Morgan fingerprint density at radius 3 is 2.50 bits per heavy atom. The third-order valence-electron chi connectivity index (χ3n) is 7.24. The van der Waals surface area contributed by atoms with Gasteiger partial charge < -0.3 is 20.5 Å². The van der Waals surface area contributed by atoms with Crippen molar-refractivity contribution >= 4 is 17.7 Å². The quantitative estimate of drug-likeness (QED) is 0.513. The standard InChI is InChI=1S/C26H34N4O4/c31-24(30-23-13-16-28-18-29-23)22(19-11-14-27-15-12-19)17-34-25(32)26(33,20-7-3-1-4-8-20)21-9-5-2-6-10-21/h1,3-4,7-8,13,16,18-19,21-22,27,33H,2,5-6,9-12,14-15,17H2,(H,28,29,30,31). The fraction of sp³-hybridized carbons (Fsp3) is 0.538. The maximum absolute atomic E-state index is 13.5. The van der Waals surface area contributed by atoms with Gasteiger partial charge in [-0.15, -0.1) is 0 Å². The number of benzene rings is 1. The summed E-state index contributed by atoms with van der Waals surface area (Å²) in [7, 11) is 0. The fourth-order valence-electron chi connectivity index (χ4n) is 5.26. The Balaban J connectivity index is 1.52. The van der Waals surface area contributed by atoms with E-state index < -0.39 is 17.5 Å². The Morgan fingerprint density at radius 2 is 1.82 bits per heavy atom. The lowest BCUT2D eigenvalue weighted by molar-refractivity contribution is -0.177. The van der Waals surface area contributed by atoms with Gasteiger partial charge in [-0.25, -0.2) is 14.8 Å². The van der Waals surface area contributed by atoms with Crippen LogP contribution in [0.25, 0.3) is 0 Å². The van der Waals surface area contributed by atoms with Gasteiger partial charge in [-0.2, -0.15) is 0 Å². The molecule has 1 aromatic heterocycles. The number of amides is 1. The van der Waals surface area contributed by atoms with Crippen molar-refractivity contribution in [3.05, 3.63) is 54.5 Å². The summed E-state index contributed by atoms with van der Waals surface area (Å²) in [6.07, 6.45) is 9.16.